The van der Waals surface area contributed by atoms with Crippen molar-refractivity contribution in [2.75, 3.05) is 12.3 Å². The van der Waals surface area contributed by atoms with E-state index in [1.54, 1.807) is 30.5 Å². The second-order valence-electron chi connectivity index (χ2n) is 9.75. The molecule has 0 fully saturated rings. The van der Waals surface area contributed by atoms with Crippen LogP contribution in [0.15, 0.2) is 90.2 Å². The molecule has 0 unspecified atom stereocenters. The summed E-state index contributed by atoms with van der Waals surface area (Å²) >= 11 is 0. The molecule has 4 rings (SSSR count). The number of benzene rings is 2. The van der Waals surface area contributed by atoms with Crippen molar-refractivity contribution in [2.45, 2.75) is 27.2 Å². The minimum atomic E-state index is -0.415. The Labute approximate surface area is 241 Å². The Kier molecular flexibility index (Phi) is 10.4. The number of aliphatic imine (C=N–C) groups is 1. The molecule has 5 nitrogen and oxygen atoms in total. The van der Waals surface area contributed by atoms with E-state index in [9.17, 15) is 4.39 Å². The molecule has 0 spiro atoms. The van der Waals surface area contributed by atoms with Gasteiger partial charge in [-0.1, -0.05) is 57.4 Å². The fourth-order valence-electron chi connectivity index (χ4n) is 4.29. The van der Waals surface area contributed by atoms with Crippen LogP contribution in [0.4, 0.5) is 14.5 Å². The smallest absolute Gasteiger partial charge is 0.133 e. The van der Waals surface area contributed by atoms with Gasteiger partial charge >= 0.3 is 0 Å². The number of terminal acetylenes is 1. The number of anilines is 1. The molecule has 2 heterocycles. The van der Waals surface area contributed by atoms with Crippen LogP contribution < -0.4 is 11.1 Å². The van der Waals surface area contributed by atoms with Crippen molar-refractivity contribution in [1.29, 1.82) is 0 Å². The largest absolute Gasteiger partial charge is 0.398 e. The van der Waals surface area contributed by atoms with Gasteiger partial charge in [-0.25, -0.2) is 13.8 Å². The molecule has 1 aliphatic rings. The van der Waals surface area contributed by atoms with E-state index in [1.807, 2.05) is 39.0 Å². The number of aromatic nitrogens is 2. The van der Waals surface area contributed by atoms with Crippen LogP contribution in [0.1, 0.15) is 47.8 Å². The van der Waals surface area contributed by atoms with Gasteiger partial charge in [0, 0.05) is 40.9 Å². The topological polar surface area (TPSA) is 79.1 Å². The molecule has 0 radical (unpaired) electrons. The molecule has 0 atom stereocenters. The van der Waals surface area contributed by atoms with Gasteiger partial charge in [0.2, 0.25) is 0 Å². The van der Waals surface area contributed by atoms with Crippen molar-refractivity contribution in [3.05, 3.63) is 131 Å². The van der Waals surface area contributed by atoms with Crippen molar-refractivity contribution in [3.63, 3.8) is 0 Å². The molecule has 0 aliphatic carbocycles. The van der Waals surface area contributed by atoms with Gasteiger partial charge in [-0.3, -0.25) is 4.99 Å². The molecule has 0 amide bonds. The zero-order chi connectivity index (χ0) is 30.1. The third-order valence-corrected chi connectivity index (χ3v) is 6.47. The average Bonchev–Trinajstić information content (AvgIpc) is 3.14. The molecular weight excluding hydrogens is 516 g/mol. The highest BCUT2D eigenvalue weighted by molar-refractivity contribution is 5.88. The normalized spacial score (nSPS) is 13.0. The van der Waals surface area contributed by atoms with E-state index in [4.69, 9.17) is 10.7 Å². The molecule has 3 aromatic rings. The lowest BCUT2D eigenvalue weighted by Gasteiger charge is -2.14. The number of H-pyrrole nitrogens is 1. The number of imidazole rings is 1. The molecular formula is C34H35F2N5. The van der Waals surface area contributed by atoms with E-state index in [0.717, 1.165) is 28.2 Å². The molecule has 41 heavy (non-hydrogen) atoms. The van der Waals surface area contributed by atoms with E-state index in [0.29, 0.717) is 46.9 Å². The average molecular weight is 552 g/mol. The highest BCUT2D eigenvalue weighted by Gasteiger charge is 2.17. The van der Waals surface area contributed by atoms with E-state index in [-0.39, 0.29) is 11.7 Å². The lowest BCUT2D eigenvalue weighted by molar-refractivity contribution is 0.624. The standard InChI is InChI=1S/C32H33F2N5.C2H2/c1-6-8-27(22-9-7-10-25(33)13-22)32-21(5)38-31(39-32)16-24-15-28(29(34)17-30(24)35)23-11-12-36-18-26(14-23)37-20(4)19(2)3;1-2/h6-11,13-15,17-19,37H,1,4,12,16,35H2,2-3,5H3,(H,38,39);1-2H/b27-8-;. The number of nitrogens with one attached hydrogen (secondary N) is 2. The number of hydrogen-bond acceptors (Lipinski definition) is 4. The van der Waals surface area contributed by atoms with Gasteiger partial charge in [-0.15, -0.1) is 12.8 Å². The van der Waals surface area contributed by atoms with Gasteiger partial charge in [0.05, 0.1) is 17.9 Å². The van der Waals surface area contributed by atoms with Crippen LogP contribution in [0.2, 0.25) is 0 Å². The van der Waals surface area contributed by atoms with Gasteiger partial charge in [-0.2, -0.15) is 0 Å². The molecule has 0 bridgehead atoms. The predicted octanol–water partition coefficient (Wildman–Crippen LogP) is 7.15. The Bertz CT molecular complexity index is 1580. The SMILES string of the molecule is C#C.C=C/C=C(/c1cccc(F)c1)c1nc(Cc2cc(C3=CCN=CC(NC(=C)C(C)C)=C3)c(F)cc2N)[nH]c1C. The molecule has 210 valence electrons. The highest BCUT2D eigenvalue weighted by Crippen LogP contribution is 2.30. The number of nitrogen functional groups attached to an aromatic ring is 1. The number of hydrogen-bond donors (Lipinski definition) is 3. The Morgan fingerprint density at radius 2 is 1.98 bits per heavy atom. The summed E-state index contributed by atoms with van der Waals surface area (Å²) in [5.41, 5.74) is 13.0. The second kappa shape index (κ2) is 13.9. The molecule has 4 N–H and O–H groups in total. The first-order chi connectivity index (χ1) is 19.7. The Morgan fingerprint density at radius 1 is 1.22 bits per heavy atom. The van der Waals surface area contributed by atoms with E-state index in [2.05, 4.69) is 41.3 Å². The third-order valence-electron chi connectivity index (χ3n) is 6.47. The molecule has 0 saturated heterocycles. The zero-order valence-corrected chi connectivity index (χ0v) is 23.6. The highest BCUT2D eigenvalue weighted by atomic mass is 19.1. The van der Waals surface area contributed by atoms with E-state index < -0.39 is 5.82 Å². The summed E-state index contributed by atoms with van der Waals surface area (Å²) in [6.07, 6.45) is 17.3. The van der Waals surface area contributed by atoms with Crippen molar-refractivity contribution < 1.29 is 8.78 Å². The number of aryl methyl sites for hydroxylation is 1. The minimum absolute atomic E-state index is 0.235. The van der Waals surface area contributed by atoms with Crippen LogP contribution in [0.3, 0.4) is 0 Å². The summed E-state index contributed by atoms with van der Waals surface area (Å²) in [7, 11) is 0. The van der Waals surface area contributed by atoms with E-state index >= 15 is 4.39 Å². The molecule has 1 aliphatic heterocycles. The monoisotopic (exact) mass is 551 g/mol. The Balaban J connectivity index is 0.00000226. The fraction of sp³-hybridized carbons (Fsp3) is 0.176. The first-order valence-electron chi connectivity index (χ1n) is 13.1. The van der Waals surface area contributed by atoms with E-state index in [1.165, 1.54) is 18.2 Å². The Hall–Kier alpha value is -4.96. The predicted molar refractivity (Wildman–Crippen MR) is 167 cm³/mol. The first kappa shape index (κ1) is 30.6. The van der Waals surface area contributed by atoms with Crippen LogP contribution in [-0.4, -0.2) is 22.7 Å². The maximum absolute atomic E-state index is 15.2. The number of halogens is 2. The van der Waals surface area contributed by atoms with Gasteiger partial charge in [-0.05, 0) is 59.9 Å². The van der Waals surface area contributed by atoms with Crippen LogP contribution in [0, 0.1) is 37.3 Å². The first-order valence-corrected chi connectivity index (χ1v) is 13.1. The van der Waals surface area contributed by atoms with Gasteiger partial charge in [0.15, 0.2) is 0 Å². The number of nitrogens with zero attached hydrogens (tertiary/aromatic N) is 2. The van der Waals surface area contributed by atoms with Crippen LogP contribution >= 0.6 is 0 Å². The lowest BCUT2D eigenvalue weighted by Crippen LogP contribution is -2.16. The fourth-order valence-corrected chi connectivity index (χ4v) is 4.29. The van der Waals surface area contributed by atoms with Crippen LogP contribution in [0.5, 0.6) is 0 Å². The number of rotatable bonds is 9. The molecule has 0 saturated carbocycles. The van der Waals surface area contributed by atoms with Gasteiger partial charge in [0.25, 0.3) is 0 Å². The van der Waals surface area contributed by atoms with Gasteiger partial charge < -0.3 is 16.0 Å². The molecule has 7 heteroatoms. The summed E-state index contributed by atoms with van der Waals surface area (Å²) in [5.74, 6) is 0.143. The van der Waals surface area contributed by atoms with Crippen LogP contribution in [-0.2, 0) is 6.42 Å². The third kappa shape index (κ3) is 7.58. The summed E-state index contributed by atoms with van der Waals surface area (Å²) in [6, 6.07) is 9.46. The zero-order valence-electron chi connectivity index (χ0n) is 23.6. The summed E-state index contributed by atoms with van der Waals surface area (Å²) < 4.78 is 29.1. The summed E-state index contributed by atoms with van der Waals surface area (Å²) in [6.45, 7) is 14.3. The van der Waals surface area contributed by atoms with Crippen molar-refractivity contribution in [3.8, 4) is 12.8 Å². The second-order valence-corrected chi connectivity index (χ2v) is 9.75. The summed E-state index contributed by atoms with van der Waals surface area (Å²) in [4.78, 5) is 12.5. The number of aromatic amines is 1. The van der Waals surface area contributed by atoms with Crippen molar-refractivity contribution in [2.24, 2.45) is 10.9 Å². The minimum Gasteiger partial charge on any atom is -0.398 e. The van der Waals surface area contributed by atoms with Crippen LogP contribution in [0.25, 0.3) is 11.1 Å². The van der Waals surface area contributed by atoms with Gasteiger partial charge in [0.1, 0.15) is 17.5 Å². The number of nitrogens with two attached hydrogens (primary N) is 1. The van der Waals surface area contributed by atoms with Crippen molar-refractivity contribution >= 4 is 23.0 Å². The maximum Gasteiger partial charge on any atom is 0.133 e. The maximum atomic E-state index is 15.2. The number of allylic oxidation sites excluding steroid dienone is 6. The van der Waals surface area contributed by atoms with Crippen molar-refractivity contribution in [1.82, 2.24) is 15.3 Å². The molecule has 1 aromatic heterocycles. The molecule has 2 aromatic carbocycles. The summed E-state index contributed by atoms with van der Waals surface area (Å²) in [5, 5.41) is 3.27. The lowest BCUT2D eigenvalue weighted by atomic mass is 9.98. The quantitative estimate of drug-likeness (QED) is 0.150. The Morgan fingerprint density at radius 3 is 2.66 bits per heavy atom.